The van der Waals surface area contributed by atoms with Crippen molar-refractivity contribution in [1.29, 1.82) is 0 Å². The van der Waals surface area contributed by atoms with E-state index in [0.29, 0.717) is 25.4 Å². The lowest BCUT2D eigenvalue weighted by Gasteiger charge is -2.38. The molecule has 0 aromatic carbocycles. The van der Waals surface area contributed by atoms with Gasteiger partial charge in [0.2, 0.25) is 0 Å². The lowest BCUT2D eigenvalue weighted by molar-refractivity contribution is -0.144. The van der Waals surface area contributed by atoms with E-state index < -0.39 is 12.0 Å². The SMILES string of the molecule is CC(C)C[C@@H]1CN([C@H](C)C(=O)O)CC[C@H]1O. The van der Waals surface area contributed by atoms with Gasteiger partial charge in [-0.05, 0) is 31.6 Å². The predicted octanol–water partition coefficient (Wildman–Crippen LogP) is 1.19. The summed E-state index contributed by atoms with van der Waals surface area (Å²) < 4.78 is 0. The second-order valence-electron chi connectivity index (χ2n) is 5.25. The van der Waals surface area contributed by atoms with E-state index in [1.54, 1.807) is 6.92 Å². The molecule has 16 heavy (non-hydrogen) atoms. The third kappa shape index (κ3) is 3.46. The molecule has 0 bridgehead atoms. The first-order chi connectivity index (χ1) is 7.41. The molecule has 0 radical (unpaired) electrons. The van der Waals surface area contributed by atoms with Crippen molar-refractivity contribution in [3.63, 3.8) is 0 Å². The van der Waals surface area contributed by atoms with Gasteiger partial charge in [-0.1, -0.05) is 13.8 Å². The largest absolute Gasteiger partial charge is 0.480 e. The van der Waals surface area contributed by atoms with Crippen LogP contribution < -0.4 is 0 Å². The van der Waals surface area contributed by atoms with E-state index in [1.807, 2.05) is 4.90 Å². The highest BCUT2D eigenvalue weighted by molar-refractivity contribution is 5.72. The van der Waals surface area contributed by atoms with Crippen LogP contribution in [-0.2, 0) is 4.79 Å². The molecular weight excluding hydrogens is 206 g/mol. The van der Waals surface area contributed by atoms with Crippen LogP contribution >= 0.6 is 0 Å². The number of nitrogens with zero attached hydrogens (tertiary/aromatic N) is 1. The third-order valence-electron chi connectivity index (χ3n) is 3.40. The summed E-state index contributed by atoms with van der Waals surface area (Å²) in [4.78, 5) is 12.9. The smallest absolute Gasteiger partial charge is 0.320 e. The molecule has 4 nitrogen and oxygen atoms in total. The van der Waals surface area contributed by atoms with Gasteiger partial charge in [0.25, 0.3) is 0 Å². The first-order valence-electron chi connectivity index (χ1n) is 6.06. The third-order valence-corrected chi connectivity index (χ3v) is 3.40. The Balaban J connectivity index is 2.56. The van der Waals surface area contributed by atoms with Crippen LogP contribution in [0.15, 0.2) is 0 Å². The molecular formula is C12H23NO3. The van der Waals surface area contributed by atoms with Gasteiger partial charge in [0, 0.05) is 13.1 Å². The maximum Gasteiger partial charge on any atom is 0.320 e. The summed E-state index contributed by atoms with van der Waals surface area (Å²) in [7, 11) is 0. The quantitative estimate of drug-likeness (QED) is 0.760. The van der Waals surface area contributed by atoms with Gasteiger partial charge in [0.15, 0.2) is 0 Å². The average molecular weight is 229 g/mol. The molecule has 0 spiro atoms. The molecule has 3 atom stereocenters. The average Bonchev–Trinajstić information content (AvgIpc) is 2.19. The Morgan fingerprint density at radius 1 is 1.44 bits per heavy atom. The first-order valence-corrected chi connectivity index (χ1v) is 6.06. The van der Waals surface area contributed by atoms with Crippen molar-refractivity contribution in [3.05, 3.63) is 0 Å². The number of hydrogen-bond acceptors (Lipinski definition) is 3. The predicted molar refractivity (Wildman–Crippen MR) is 62.2 cm³/mol. The molecule has 1 rings (SSSR count). The van der Waals surface area contributed by atoms with Crippen molar-refractivity contribution in [2.24, 2.45) is 11.8 Å². The Morgan fingerprint density at radius 2 is 2.06 bits per heavy atom. The van der Waals surface area contributed by atoms with Crippen molar-refractivity contribution >= 4 is 5.97 Å². The minimum atomic E-state index is -0.778. The standard InChI is InChI=1S/C12H23NO3/c1-8(2)6-10-7-13(5-4-11(10)14)9(3)12(15)16/h8-11,14H,4-7H2,1-3H3,(H,15,16)/t9-,10-,11-/m1/s1. The molecule has 0 aromatic rings. The van der Waals surface area contributed by atoms with E-state index in [1.165, 1.54) is 0 Å². The number of carboxylic acid groups (broad SMARTS) is 1. The summed E-state index contributed by atoms with van der Waals surface area (Å²) in [6.45, 7) is 7.36. The molecule has 4 heteroatoms. The Morgan fingerprint density at radius 3 is 2.56 bits per heavy atom. The monoisotopic (exact) mass is 229 g/mol. The Bertz CT molecular complexity index is 242. The van der Waals surface area contributed by atoms with Gasteiger partial charge in [-0.2, -0.15) is 0 Å². The van der Waals surface area contributed by atoms with Gasteiger partial charge in [-0.25, -0.2) is 0 Å². The lowest BCUT2D eigenvalue weighted by atomic mass is 9.87. The van der Waals surface area contributed by atoms with Gasteiger partial charge >= 0.3 is 5.97 Å². The first kappa shape index (κ1) is 13.5. The molecule has 1 heterocycles. The summed E-state index contributed by atoms with van der Waals surface area (Å²) in [6.07, 6.45) is 1.39. The van der Waals surface area contributed by atoms with Gasteiger partial charge in [-0.15, -0.1) is 0 Å². The van der Waals surface area contributed by atoms with E-state index in [4.69, 9.17) is 5.11 Å². The number of aliphatic hydroxyl groups is 1. The minimum absolute atomic E-state index is 0.218. The summed E-state index contributed by atoms with van der Waals surface area (Å²) in [6, 6.07) is -0.442. The second kappa shape index (κ2) is 5.64. The van der Waals surface area contributed by atoms with E-state index in [-0.39, 0.29) is 12.0 Å². The second-order valence-corrected chi connectivity index (χ2v) is 5.25. The molecule has 94 valence electrons. The summed E-state index contributed by atoms with van der Waals surface area (Å²) >= 11 is 0. The number of aliphatic hydroxyl groups excluding tert-OH is 1. The Hall–Kier alpha value is -0.610. The number of aliphatic carboxylic acids is 1. The fourth-order valence-electron chi connectivity index (χ4n) is 2.39. The van der Waals surface area contributed by atoms with Crippen molar-refractivity contribution in [2.75, 3.05) is 13.1 Å². The zero-order valence-electron chi connectivity index (χ0n) is 10.4. The lowest BCUT2D eigenvalue weighted by Crippen LogP contribution is -2.49. The minimum Gasteiger partial charge on any atom is -0.480 e. The van der Waals surface area contributed by atoms with Crippen molar-refractivity contribution < 1.29 is 15.0 Å². The highest BCUT2D eigenvalue weighted by atomic mass is 16.4. The van der Waals surface area contributed by atoms with Crippen LogP contribution in [0.25, 0.3) is 0 Å². The molecule has 2 N–H and O–H groups in total. The van der Waals surface area contributed by atoms with Crippen LogP contribution in [0.4, 0.5) is 0 Å². The van der Waals surface area contributed by atoms with Crippen LogP contribution in [0.5, 0.6) is 0 Å². The van der Waals surface area contributed by atoms with E-state index in [2.05, 4.69) is 13.8 Å². The molecule has 0 aromatic heterocycles. The number of piperidine rings is 1. The molecule has 1 saturated heterocycles. The number of carbonyl (C=O) groups is 1. The molecule has 1 aliphatic heterocycles. The van der Waals surface area contributed by atoms with Gasteiger partial charge < -0.3 is 10.2 Å². The van der Waals surface area contributed by atoms with E-state index in [0.717, 1.165) is 6.42 Å². The van der Waals surface area contributed by atoms with Gasteiger partial charge in [0.1, 0.15) is 6.04 Å². The fourth-order valence-corrected chi connectivity index (χ4v) is 2.39. The zero-order chi connectivity index (χ0) is 12.3. The highest BCUT2D eigenvalue weighted by Gasteiger charge is 2.32. The highest BCUT2D eigenvalue weighted by Crippen LogP contribution is 2.24. The zero-order valence-corrected chi connectivity index (χ0v) is 10.4. The molecule has 0 saturated carbocycles. The molecule has 0 unspecified atom stereocenters. The van der Waals surface area contributed by atoms with E-state index in [9.17, 15) is 9.90 Å². The fraction of sp³-hybridized carbons (Fsp3) is 0.917. The molecule has 1 aliphatic rings. The van der Waals surface area contributed by atoms with Crippen LogP contribution in [0.1, 0.15) is 33.6 Å². The van der Waals surface area contributed by atoms with Gasteiger partial charge in [-0.3, -0.25) is 9.69 Å². The molecule has 1 fully saturated rings. The summed E-state index contributed by atoms with van der Waals surface area (Å²) in [5.41, 5.74) is 0. The van der Waals surface area contributed by atoms with Crippen molar-refractivity contribution in [2.45, 2.75) is 45.8 Å². The normalized spacial score (nSPS) is 29.3. The summed E-state index contributed by atoms with van der Waals surface area (Å²) in [5.74, 6) is -0.0185. The Labute approximate surface area is 97.3 Å². The molecule has 0 aliphatic carbocycles. The van der Waals surface area contributed by atoms with Crippen LogP contribution in [0, 0.1) is 11.8 Å². The van der Waals surface area contributed by atoms with Crippen molar-refractivity contribution in [1.82, 2.24) is 4.90 Å². The number of hydrogen-bond donors (Lipinski definition) is 2. The number of rotatable bonds is 4. The van der Waals surface area contributed by atoms with E-state index >= 15 is 0 Å². The maximum absolute atomic E-state index is 10.9. The maximum atomic E-state index is 10.9. The van der Waals surface area contributed by atoms with Gasteiger partial charge in [0.05, 0.1) is 6.10 Å². The number of likely N-dealkylation sites (tertiary alicyclic amines) is 1. The van der Waals surface area contributed by atoms with Crippen LogP contribution in [-0.4, -0.2) is 46.3 Å². The topological polar surface area (TPSA) is 60.8 Å². The molecule has 0 amide bonds. The number of carboxylic acids is 1. The van der Waals surface area contributed by atoms with Crippen molar-refractivity contribution in [3.8, 4) is 0 Å². The van der Waals surface area contributed by atoms with Crippen LogP contribution in [0.2, 0.25) is 0 Å². The Kier molecular flexibility index (Phi) is 4.74. The van der Waals surface area contributed by atoms with Crippen LogP contribution in [0.3, 0.4) is 0 Å². The summed E-state index contributed by atoms with van der Waals surface area (Å²) in [5, 5.41) is 18.8.